The fourth-order valence-corrected chi connectivity index (χ4v) is 2.70. The molecular weight excluding hydrogens is 386 g/mol. The van der Waals surface area contributed by atoms with E-state index in [1.54, 1.807) is 63.6 Å². The number of methoxy groups -OCH3 is 2. The molecule has 0 amide bonds. The minimum Gasteiger partial charge on any atom is -0.497 e. The summed E-state index contributed by atoms with van der Waals surface area (Å²) >= 11 is 0. The minimum absolute atomic E-state index is 0.303. The van der Waals surface area contributed by atoms with Gasteiger partial charge in [0.1, 0.15) is 23.5 Å². The second-order valence-electron chi connectivity index (χ2n) is 6.10. The number of hydrogen-bond donors (Lipinski definition) is 3. The van der Waals surface area contributed by atoms with Crippen molar-refractivity contribution in [3.63, 3.8) is 0 Å². The molecule has 3 aromatic rings. The summed E-state index contributed by atoms with van der Waals surface area (Å²) in [7, 11) is 3.14. The van der Waals surface area contributed by atoms with Crippen molar-refractivity contribution in [2.24, 2.45) is 0 Å². The van der Waals surface area contributed by atoms with E-state index in [0.29, 0.717) is 52.4 Å². The standard InChI is InChI=1S/C21H23N5O4/c1-4-30-21(27)13-6-5-7-14(10-13)25-19-18(22)20(24-12-23-19)26-16-9-8-15(28-2)11-17(16)29-3/h5-12H,4,22H2,1-3H3,(H2,23,24,25,26). The molecule has 4 N–H and O–H groups in total. The van der Waals surface area contributed by atoms with Crippen LogP contribution in [0, 0.1) is 0 Å². The Morgan fingerprint density at radius 3 is 2.50 bits per heavy atom. The van der Waals surface area contributed by atoms with Crippen molar-refractivity contribution in [3.05, 3.63) is 54.4 Å². The molecule has 0 fully saturated rings. The van der Waals surface area contributed by atoms with E-state index < -0.39 is 5.97 Å². The SMILES string of the molecule is CCOC(=O)c1cccc(Nc2ncnc(Nc3ccc(OC)cc3OC)c2N)c1. The summed E-state index contributed by atoms with van der Waals surface area (Å²) in [5.41, 5.74) is 8.30. The predicted molar refractivity (Wildman–Crippen MR) is 115 cm³/mol. The van der Waals surface area contributed by atoms with Crippen LogP contribution >= 0.6 is 0 Å². The lowest BCUT2D eigenvalue weighted by atomic mass is 10.2. The molecule has 156 valence electrons. The van der Waals surface area contributed by atoms with Gasteiger partial charge in [-0.05, 0) is 37.3 Å². The van der Waals surface area contributed by atoms with Crippen LogP contribution in [0.4, 0.5) is 28.7 Å². The van der Waals surface area contributed by atoms with Crippen molar-refractivity contribution in [1.29, 1.82) is 0 Å². The van der Waals surface area contributed by atoms with Gasteiger partial charge in [0.05, 0.1) is 32.1 Å². The lowest BCUT2D eigenvalue weighted by molar-refractivity contribution is 0.0526. The maximum absolute atomic E-state index is 11.9. The Kier molecular flexibility index (Phi) is 6.53. The fourth-order valence-electron chi connectivity index (χ4n) is 2.70. The zero-order valence-corrected chi connectivity index (χ0v) is 16.9. The molecular formula is C21H23N5O4. The zero-order chi connectivity index (χ0) is 21.5. The van der Waals surface area contributed by atoms with Crippen LogP contribution in [-0.4, -0.2) is 36.8 Å². The van der Waals surface area contributed by atoms with Gasteiger partial charge in [-0.1, -0.05) is 6.07 Å². The molecule has 30 heavy (non-hydrogen) atoms. The largest absolute Gasteiger partial charge is 0.497 e. The molecule has 0 bridgehead atoms. The summed E-state index contributed by atoms with van der Waals surface area (Å²) in [6.07, 6.45) is 1.38. The van der Waals surface area contributed by atoms with Gasteiger partial charge in [-0.15, -0.1) is 0 Å². The van der Waals surface area contributed by atoms with E-state index in [0.717, 1.165) is 0 Å². The number of nitrogens with two attached hydrogens (primary N) is 1. The van der Waals surface area contributed by atoms with Crippen LogP contribution in [0.3, 0.4) is 0 Å². The first kappa shape index (κ1) is 20.7. The van der Waals surface area contributed by atoms with Gasteiger partial charge in [0.25, 0.3) is 0 Å². The van der Waals surface area contributed by atoms with E-state index in [2.05, 4.69) is 20.6 Å². The summed E-state index contributed by atoms with van der Waals surface area (Å²) in [5.74, 6) is 1.63. The molecule has 9 nitrogen and oxygen atoms in total. The Labute approximate surface area is 174 Å². The quantitative estimate of drug-likeness (QED) is 0.478. The van der Waals surface area contributed by atoms with E-state index in [9.17, 15) is 4.79 Å². The molecule has 1 aromatic heterocycles. The number of rotatable bonds is 8. The third-order valence-corrected chi connectivity index (χ3v) is 4.18. The maximum atomic E-state index is 11.9. The number of esters is 1. The van der Waals surface area contributed by atoms with Gasteiger partial charge in [0, 0.05) is 11.8 Å². The number of ether oxygens (including phenoxy) is 3. The summed E-state index contributed by atoms with van der Waals surface area (Å²) in [6.45, 7) is 2.06. The number of nitrogens with one attached hydrogen (secondary N) is 2. The van der Waals surface area contributed by atoms with Crippen LogP contribution in [0.15, 0.2) is 48.8 Å². The Hall–Kier alpha value is -4.01. The third kappa shape index (κ3) is 4.69. The van der Waals surface area contributed by atoms with Crippen LogP contribution in [0.2, 0.25) is 0 Å². The van der Waals surface area contributed by atoms with E-state index >= 15 is 0 Å². The highest BCUT2D eigenvalue weighted by atomic mass is 16.5. The van der Waals surface area contributed by atoms with Gasteiger partial charge in [-0.3, -0.25) is 0 Å². The first-order valence-electron chi connectivity index (χ1n) is 9.19. The average molecular weight is 409 g/mol. The van der Waals surface area contributed by atoms with E-state index in [-0.39, 0.29) is 0 Å². The highest BCUT2D eigenvalue weighted by Crippen LogP contribution is 2.34. The number of nitrogen functional groups attached to an aromatic ring is 1. The highest BCUT2D eigenvalue weighted by molar-refractivity contribution is 5.91. The molecule has 3 rings (SSSR count). The molecule has 0 aliphatic rings. The van der Waals surface area contributed by atoms with Gasteiger partial charge in [-0.25, -0.2) is 14.8 Å². The topological polar surface area (TPSA) is 121 Å². The molecule has 0 saturated carbocycles. The summed E-state index contributed by atoms with van der Waals surface area (Å²) in [6, 6.07) is 12.2. The first-order valence-corrected chi connectivity index (χ1v) is 9.19. The van der Waals surface area contributed by atoms with Crippen LogP contribution in [0.25, 0.3) is 0 Å². The molecule has 2 aromatic carbocycles. The number of benzene rings is 2. The Bertz CT molecular complexity index is 1040. The number of hydrogen-bond acceptors (Lipinski definition) is 9. The molecule has 0 aliphatic heterocycles. The summed E-state index contributed by atoms with van der Waals surface area (Å²) in [5, 5.41) is 6.25. The van der Waals surface area contributed by atoms with Gasteiger partial charge < -0.3 is 30.6 Å². The van der Waals surface area contributed by atoms with Crippen LogP contribution in [0.1, 0.15) is 17.3 Å². The molecule has 0 unspecified atom stereocenters. The third-order valence-electron chi connectivity index (χ3n) is 4.18. The summed E-state index contributed by atoms with van der Waals surface area (Å²) < 4.78 is 15.6. The predicted octanol–water partition coefficient (Wildman–Crippen LogP) is 3.74. The Balaban J connectivity index is 1.84. The van der Waals surface area contributed by atoms with Gasteiger partial charge >= 0.3 is 5.97 Å². The van der Waals surface area contributed by atoms with Crippen LogP contribution in [0.5, 0.6) is 11.5 Å². The Morgan fingerprint density at radius 1 is 1.03 bits per heavy atom. The lowest BCUT2D eigenvalue weighted by Gasteiger charge is -2.15. The highest BCUT2D eigenvalue weighted by Gasteiger charge is 2.13. The van der Waals surface area contributed by atoms with E-state index in [1.807, 2.05) is 0 Å². The fraction of sp³-hybridized carbons (Fsp3) is 0.190. The number of aromatic nitrogens is 2. The maximum Gasteiger partial charge on any atom is 0.338 e. The van der Waals surface area contributed by atoms with Crippen molar-refractivity contribution >= 4 is 34.7 Å². The second kappa shape index (κ2) is 9.46. The molecule has 0 radical (unpaired) electrons. The number of carbonyl (C=O) groups is 1. The number of anilines is 5. The Morgan fingerprint density at radius 2 is 1.80 bits per heavy atom. The van der Waals surface area contributed by atoms with E-state index in [4.69, 9.17) is 19.9 Å². The van der Waals surface area contributed by atoms with Crippen molar-refractivity contribution in [3.8, 4) is 11.5 Å². The summed E-state index contributed by atoms with van der Waals surface area (Å²) in [4.78, 5) is 20.4. The monoisotopic (exact) mass is 409 g/mol. The van der Waals surface area contributed by atoms with Gasteiger partial charge in [0.15, 0.2) is 11.6 Å². The second-order valence-corrected chi connectivity index (χ2v) is 6.10. The molecule has 0 atom stereocenters. The van der Waals surface area contributed by atoms with Crippen LogP contribution in [-0.2, 0) is 4.74 Å². The van der Waals surface area contributed by atoms with E-state index in [1.165, 1.54) is 6.33 Å². The van der Waals surface area contributed by atoms with Crippen molar-refractivity contribution < 1.29 is 19.0 Å². The molecule has 1 heterocycles. The normalized spacial score (nSPS) is 10.2. The van der Waals surface area contributed by atoms with Crippen molar-refractivity contribution in [1.82, 2.24) is 9.97 Å². The molecule has 0 saturated heterocycles. The van der Waals surface area contributed by atoms with Gasteiger partial charge in [-0.2, -0.15) is 0 Å². The average Bonchev–Trinajstić information content (AvgIpc) is 2.77. The smallest absolute Gasteiger partial charge is 0.338 e. The minimum atomic E-state index is -0.397. The molecule has 0 aliphatic carbocycles. The zero-order valence-electron chi connectivity index (χ0n) is 16.9. The van der Waals surface area contributed by atoms with Crippen molar-refractivity contribution in [2.45, 2.75) is 6.92 Å². The van der Waals surface area contributed by atoms with Crippen LogP contribution < -0.4 is 25.8 Å². The number of nitrogens with zero attached hydrogens (tertiary/aromatic N) is 2. The first-order chi connectivity index (χ1) is 14.5. The van der Waals surface area contributed by atoms with Gasteiger partial charge in [0.2, 0.25) is 0 Å². The molecule has 0 spiro atoms. The lowest BCUT2D eigenvalue weighted by Crippen LogP contribution is -2.07. The number of carbonyl (C=O) groups excluding carboxylic acids is 1. The van der Waals surface area contributed by atoms with Crippen molar-refractivity contribution in [2.75, 3.05) is 37.2 Å². The molecule has 9 heteroatoms.